The lowest BCUT2D eigenvalue weighted by Crippen LogP contribution is -2.14. The fraction of sp³-hybridized carbons (Fsp3) is 0.571. The van der Waals surface area contributed by atoms with E-state index in [1.807, 2.05) is 0 Å². The van der Waals surface area contributed by atoms with Gasteiger partial charge < -0.3 is 5.32 Å². The number of nitrogens with one attached hydrogen (secondary N) is 1. The van der Waals surface area contributed by atoms with E-state index >= 15 is 0 Å². The van der Waals surface area contributed by atoms with Crippen molar-refractivity contribution in [1.29, 1.82) is 0 Å². The Morgan fingerprint density at radius 1 is 1.12 bits per heavy atom. The lowest BCUT2D eigenvalue weighted by Gasteiger charge is -2.26. The lowest BCUT2D eigenvalue weighted by molar-refractivity contribution is 0.522. The van der Waals surface area contributed by atoms with Crippen molar-refractivity contribution < 1.29 is 0 Å². The Bertz CT molecular complexity index is 354. The van der Waals surface area contributed by atoms with Gasteiger partial charge in [0.1, 0.15) is 0 Å². The zero-order valence-electron chi connectivity index (χ0n) is 9.61. The van der Waals surface area contributed by atoms with E-state index in [1.165, 1.54) is 38.8 Å². The topological polar surface area (TPSA) is 12.0 Å². The second-order valence-corrected chi connectivity index (χ2v) is 6.24. The first-order chi connectivity index (χ1) is 7.93. The lowest BCUT2D eigenvalue weighted by atomic mass is 9.98. The smallest absolute Gasteiger partial charge is 0.0110 e. The van der Waals surface area contributed by atoms with Crippen LogP contribution in [0.4, 0.5) is 0 Å². The third-order valence-electron chi connectivity index (χ3n) is 3.76. The molecule has 3 rings (SSSR count). The summed E-state index contributed by atoms with van der Waals surface area (Å²) in [4.78, 5) is 1.54. The average Bonchev–Trinajstić information content (AvgIpc) is 2.77. The van der Waals surface area contributed by atoms with Crippen LogP contribution in [-0.2, 0) is 0 Å². The van der Waals surface area contributed by atoms with Gasteiger partial charge in [-0.15, -0.1) is 11.8 Å². The standard InChI is InChI=1S/C14H19NS/c1-2-7-14(16-12-4-3-5-12)13(6-1)11-8-9-15-10-11/h1-2,6-7,11-12,15H,3-5,8-10H2. The first-order valence-corrected chi connectivity index (χ1v) is 7.28. The Kier molecular flexibility index (Phi) is 3.20. The minimum atomic E-state index is 0.753. The highest BCUT2D eigenvalue weighted by Gasteiger charge is 2.23. The summed E-state index contributed by atoms with van der Waals surface area (Å²) in [7, 11) is 0. The van der Waals surface area contributed by atoms with Gasteiger partial charge in [0.15, 0.2) is 0 Å². The van der Waals surface area contributed by atoms with Crippen molar-refractivity contribution in [3.8, 4) is 0 Å². The van der Waals surface area contributed by atoms with Crippen LogP contribution in [0.15, 0.2) is 29.2 Å². The Balaban J connectivity index is 1.78. The van der Waals surface area contributed by atoms with Crippen molar-refractivity contribution in [2.75, 3.05) is 13.1 Å². The Hall–Kier alpha value is -0.470. The van der Waals surface area contributed by atoms with Crippen LogP contribution in [0.5, 0.6) is 0 Å². The van der Waals surface area contributed by atoms with Crippen LogP contribution in [0.3, 0.4) is 0 Å². The van der Waals surface area contributed by atoms with Gasteiger partial charge in [-0.25, -0.2) is 0 Å². The third kappa shape index (κ3) is 2.14. The van der Waals surface area contributed by atoms with E-state index in [0.29, 0.717) is 0 Å². The van der Waals surface area contributed by atoms with Crippen LogP contribution in [0.25, 0.3) is 0 Å². The molecule has 0 aromatic heterocycles. The van der Waals surface area contributed by atoms with E-state index in [4.69, 9.17) is 0 Å². The average molecular weight is 233 g/mol. The molecule has 16 heavy (non-hydrogen) atoms. The maximum Gasteiger partial charge on any atom is 0.0110 e. The zero-order chi connectivity index (χ0) is 10.8. The molecule has 1 unspecified atom stereocenters. The van der Waals surface area contributed by atoms with Gasteiger partial charge in [0.05, 0.1) is 0 Å². The van der Waals surface area contributed by atoms with Crippen molar-refractivity contribution in [2.24, 2.45) is 0 Å². The highest BCUT2D eigenvalue weighted by atomic mass is 32.2. The Labute approximate surface area is 102 Å². The van der Waals surface area contributed by atoms with Crippen LogP contribution in [0.2, 0.25) is 0 Å². The predicted octanol–water partition coefficient (Wildman–Crippen LogP) is 3.41. The van der Waals surface area contributed by atoms with Gasteiger partial charge >= 0.3 is 0 Å². The van der Waals surface area contributed by atoms with Crippen molar-refractivity contribution in [1.82, 2.24) is 5.32 Å². The van der Waals surface area contributed by atoms with Gasteiger partial charge in [0, 0.05) is 16.7 Å². The van der Waals surface area contributed by atoms with Crippen molar-refractivity contribution in [2.45, 2.75) is 41.7 Å². The summed E-state index contributed by atoms with van der Waals surface area (Å²) in [5.41, 5.74) is 1.59. The molecule has 1 heterocycles. The van der Waals surface area contributed by atoms with E-state index in [0.717, 1.165) is 11.2 Å². The van der Waals surface area contributed by atoms with Gasteiger partial charge in [-0.05, 0) is 43.4 Å². The molecule has 1 saturated carbocycles. The highest BCUT2D eigenvalue weighted by Crippen LogP contribution is 2.40. The van der Waals surface area contributed by atoms with Crippen LogP contribution < -0.4 is 5.32 Å². The van der Waals surface area contributed by atoms with Crippen molar-refractivity contribution in [3.63, 3.8) is 0 Å². The molecule has 86 valence electrons. The number of thioether (sulfide) groups is 1. The second-order valence-electron chi connectivity index (χ2n) is 4.90. The molecule has 1 aliphatic heterocycles. The monoisotopic (exact) mass is 233 g/mol. The molecule has 1 aliphatic carbocycles. The quantitative estimate of drug-likeness (QED) is 0.858. The minimum absolute atomic E-state index is 0.753. The molecule has 1 saturated heterocycles. The van der Waals surface area contributed by atoms with Gasteiger partial charge in [0.25, 0.3) is 0 Å². The van der Waals surface area contributed by atoms with Gasteiger partial charge in [-0.2, -0.15) is 0 Å². The molecule has 1 N–H and O–H groups in total. The van der Waals surface area contributed by atoms with Gasteiger partial charge in [-0.3, -0.25) is 0 Å². The summed E-state index contributed by atoms with van der Waals surface area (Å²) >= 11 is 2.12. The van der Waals surface area contributed by atoms with E-state index in [2.05, 4.69) is 41.3 Å². The SMILES string of the molecule is c1ccc(C2CCNC2)c(SC2CCC2)c1. The number of hydrogen-bond donors (Lipinski definition) is 1. The highest BCUT2D eigenvalue weighted by molar-refractivity contribution is 8.00. The molecule has 1 aromatic rings. The Morgan fingerprint density at radius 3 is 2.69 bits per heavy atom. The fourth-order valence-electron chi connectivity index (χ4n) is 2.51. The van der Waals surface area contributed by atoms with Crippen LogP contribution in [-0.4, -0.2) is 18.3 Å². The van der Waals surface area contributed by atoms with E-state index in [1.54, 1.807) is 10.5 Å². The fourth-order valence-corrected chi connectivity index (χ4v) is 3.97. The molecule has 0 spiro atoms. The van der Waals surface area contributed by atoms with Crippen molar-refractivity contribution in [3.05, 3.63) is 29.8 Å². The summed E-state index contributed by atoms with van der Waals surface area (Å²) in [5.74, 6) is 0.753. The van der Waals surface area contributed by atoms with Crippen LogP contribution >= 0.6 is 11.8 Å². The Morgan fingerprint density at radius 2 is 2.00 bits per heavy atom. The van der Waals surface area contributed by atoms with E-state index < -0.39 is 0 Å². The van der Waals surface area contributed by atoms with Gasteiger partial charge in [0.2, 0.25) is 0 Å². The molecule has 1 nitrogen and oxygen atoms in total. The van der Waals surface area contributed by atoms with Crippen molar-refractivity contribution >= 4 is 11.8 Å². The van der Waals surface area contributed by atoms with Crippen LogP contribution in [0.1, 0.15) is 37.2 Å². The zero-order valence-corrected chi connectivity index (χ0v) is 10.4. The summed E-state index contributed by atoms with van der Waals surface area (Å²) in [6.45, 7) is 2.36. The maximum absolute atomic E-state index is 3.47. The molecule has 0 amide bonds. The molecule has 1 atom stereocenters. The normalized spacial score (nSPS) is 25.6. The molecule has 2 heteroatoms. The predicted molar refractivity (Wildman–Crippen MR) is 70.2 cm³/mol. The van der Waals surface area contributed by atoms with E-state index in [-0.39, 0.29) is 0 Å². The summed E-state index contributed by atoms with van der Waals surface area (Å²) < 4.78 is 0. The third-order valence-corrected chi connectivity index (χ3v) is 5.20. The molecule has 1 aromatic carbocycles. The molecule has 0 radical (unpaired) electrons. The number of benzene rings is 1. The number of rotatable bonds is 3. The largest absolute Gasteiger partial charge is 0.316 e. The van der Waals surface area contributed by atoms with E-state index in [9.17, 15) is 0 Å². The maximum atomic E-state index is 3.47. The molecule has 2 aliphatic rings. The van der Waals surface area contributed by atoms with Gasteiger partial charge in [-0.1, -0.05) is 24.6 Å². The molecular formula is C14H19NS. The summed E-state index contributed by atoms with van der Waals surface area (Å²) in [5, 5.41) is 4.37. The first kappa shape index (κ1) is 10.7. The number of hydrogen-bond acceptors (Lipinski definition) is 2. The minimum Gasteiger partial charge on any atom is -0.316 e. The first-order valence-electron chi connectivity index (χ1n) is 6.40. The summed E-state index contributed by atoms with van der Waals surface area (Å²) in [6.07, 6.45) is 5.58. The second kappa shape index (κ2) is 4.80. The molecule has 0 bridgehead atoms. The molecular weight excluding hydrogens is 214 g/mol. The molecule has 2 fully saturated rings. The summed E-state index contributed by atoms with van der Waals surface area (Å²) in [6, 6.07) is 9.03. The van der Waals surface area contributed by atoms with Crippen LogP contribution in [0, 0.1) is 0 Å².